The van der Waals surface area contributed by atoms with Crippen LogP contribution in [0.5, 0.6) is 11.5 Å². The molecule has 0 amide bonds. The van der Waals surface area contributed by atoms with Gasteiger partial charge in [0.05, 0.1) is 13.2 Å². The fourth-order valence-electron chi connectivity index (χ4n) is 3.05. The Kier molecular flexibility index (Phi) is 19.5. The first-order valence-electron chi connectivity index (χ1n) is 12.9. The molecule has 0 aromatic heterocycles. The third-order valence-corrected chi connectivity index (χ3v) is 5.07. The van der Waals surface area contributed by atoms with E-state index in [-0.39, 0.29) is 26.2 Å². The Balaban J connectivity index is 0.000000355. The summed E-state index contributed by atoms with van der Waals surface area (Å²) in [5, 5.41) is 6.80. The summed E-state index contributed by atoms with van der Waals surface area (Å²) in [6.07, 6.45) is 20.0. The van der Waals surface area contributed by atoms with Gasteiger partial charge in [0.15, 0.2) is 5.11 Å². The van der Waals surface area contributed by atoms with Crippen LogP contribution in [0.25, 0.3) is 0 Å². The summed E-state index contributed by atoms with van der Waals surface area (Å²) in [6.45, 7) is 8.96. The second kappa shape index (κ2) is 22.5. The number of nitrogens with one attached hydrogen (secondary N) is 2. The number of benzene rings is 3. The second-order valence-electron chi connectivity index (χ2n) is 7.99. The van der Waals surface area contributed by atoms with E-state index in [9.17, 15) is 0 Å². The predicted molar refractivity (Wildman–Crippen MR) is 169 cm³/mol. The van der Waals surface area contributed by atoms with Crippen LogP contribution in [0, 0.1) is 19.1 Å². The summed E-state index contributed by atoms with van der Waals surface area (Å²) in [7, 11) is 0. The van der Waals surface area contributed by atoms with Gasteiger partial charge in [-0.2, -0.15) is 36.8 Å². The fraction of sp³-hybridized carbons (Fsp3) is 0.176. The van der Waals surface area contributed by atoms with Crippen LogP contribution in [0.1, 0.15) is 32.3 Å². The molecule has 0 saturated carbocycles. The first-order chi connectivity index (χ1) is 19.1. The SMILES string of the molecule is CCOc1ccc(NC(=S)Nc2ccc(OCC)cc2)cc1.[C-]1=CC=CC1.[C-]1=CC=CC1.[CH2-]c1ccccc1.[Zr+3]. The van der Waals surface area contributed by atoms with Crippen LogP contribution < -0.4 is 20.1 Å². The number of hydrogen-bond acceptors (Lipinski definition) is 3. The van der Waals surface area contributed by atoms with Gasteiger partial charge in [0.25, 0.3) is 0 Å². The molecular weight excluding hydrogens is 592 g/mol. The van der Waals surface area contributed by atoms with Gasteiger partial charge in [-0.05, 0) is 74.6 Å². The van der Waals surface area contributed by atoms with Crippen LogP contribution in [0.2, 0.25) is 0 Å². The molecule has 0 unspecified atom stereocenters. The van der Waals surface area contributed by atoms with Crippen molar-refractivity contribution in [3.8, 4) is 11.5 Å². The van der Waals surface area contributed by atoms with Crippen molar-refractivity contribution in [3.63, 3.8) is 0 Å². The quantitative estimate of drug-likeness (QED) is 0.211. The normalized spacial score (nSPS) is 11.3. The van der Waals surface area contributed by atoms with Gasteiger partial charge in [0, 0.05) is 11.4 Å². The topological polar surface area (TPSA) is 42.5 Å². The van der Waals surface area contributed by atoms with Crippen LogP contribution >= 0.6 is 12.2 Å². The van der Waals surface area contributed by atoms with Gasteiger partial charge in [0.2, 0.25) is 0 Å². The Labute approximate surface area is 265 Å². The molecular formula is C34H37N2O2SZr. The van der Waals surface area contributed by atoms with Crippen molar-refractivity contribution in [2.75, 3.05) is 23.8 Å². The zero-order chi connectivity index (χ0) is 28.0. The van der Waals surface area contributed by atoms with Crippen molar-refractivity contribution in [2.24, 2.45) is 0 Å². The summed E-state index contributed by atoms with van der Waals surface area (Å²) in [5.41, 5.74) is 2.89. The zero-order valence-corrected chi connectivity index (χ0v) is 26.5. The molecule has 2 aliphatic carbocycles. The molecule has 2 N–H and O–H groups in total. The van der Waals surface area contributed by atoms with Crippen LogP contribution in [0.3, 0.4) is 0 Å². The van der Waals surface area contributed by atoms with E-state index in [0.717, 1.165) is 41.3 Å². The number of thiocarbonyl (C=S) groups is 1. The molecule has 2 aliphatic rings. The van der Waals surface area contributed by atoms with E-state index < -0.39 is 0 Å². The van der Waals surface area contributed by atoms with Crippen LogP contribution in [0.4, 0.5) is 11.4 Å². The third kappa shape index (κ3) is 16.6. The molecule has 205 valence electrons. The monoisotopic (exact) mass is 627 g/mol. The summed E-state index contributed by atoms with van der Waals surface area (Å²) in [6, 6.07) is 25.2. The van der Waals surface area contributed by atoms with Gasteiger partial charge in [-0.25, -0.2) is 24.3 Å². The standard InChI is InChI=1S/C17H20N2O2S.C7H7.2C5H5.Zr/c1-3-20-15-9-5-13(6-10-15)18-17(22)19-14-7-11-16(12-8-14)21-4-2;1-7-5-3-2-4-6-7;2*1-2-4-5-3-1;/h5-12H,3-4H2,1-2H3,(H2,18,19,22);2-6H,1H2;2*1-3H,4H2;/q;3*-1;+3. The van der Waals surface area contributed by atoms with Crippen molar-refractivity contribution in [1.29, 1.82) is 0 Å². The van der Waals surface area contributed by atoms with Crippen molar-refractivity contribution < 1.29 is 35.7 Å². The molecule has 4 nitrogen and oxygen atoms in total. The molecule has 0 spiro atoms. The molecule has 3 aromatic rings. The Bertz CT molecular complexity index is 1090. The van der Waals surface area contributed by atoms with Crippen molar-refractivity contribution in [3.05, 3.63) is 140 Å². The molecule has 0 saturated heterocycles. The number of hydrogen-bond donors (Lipinski definition) is 2. The molecule has 0 aliphatic heterocycles. The molecule has 0 bridgehead atoms. The minimum Gasteiger partial charge on any atom is -0.494 e. The molecule has 5 rings (SSSR count). The van der Waals surface area contributed by atoms with E-state index >= 15 is 0 Å². The maximum atomic E-state index is 5.40. The van der Waals surface area contributed by atoms with Gasteiger partial charge < -0.3 is 20.1 Å². The van der Waals surface area contributed by atoms with Crippen molar-refractivity contribution in [2.45, 2.75) is 26.7 Å². The maximum absolute atomic E-state index is 5.40. The summed E-state index contributed by atoms with van der Waals surface area (Å²) in [5.74, 6) is 1.69. The first kappa shape index (κ1) is 34.7. The van der Waals surface area contributed by atoms with E-state index in [2.05, 4.69) is 41.9 Å². The second-order valence-corrected chi connectivity index (χ2v) is 8.39. The first-order valence-corrected chi connectivity index (χ1v) is 13.4. The summed E-state index contributed by atoms with van der Waals surface area (Å²) >= 11 is 5.30. The number of allylic oxidation sites excluding steroid dienone is 8. The molecule has 40 heavy (non-hydrogen) atoms. The minimum atomic E-state index is 0. The van der Waals surface area contributed by atoms with Crippen LogP contribution in [0.15, 0.2) is 115 Å². The van der Waals surface area contributed by atoms with Gasteiger partial charge >= 0.3 is 26.2 Å². The van der Waals surface area contributed by atoms with Gasteiger partial charge in [-0.15, -0.1) is 25.0 Å². The van der Waals surface area contributed by atoms with Crippen LogP contribution in [-0.4, -0.2) is 18.3 Å². The Morgan fingerprint density at radius 3 is 1.40 bits per heavy atom. The van der Waals surface area contributed by atoms with Crippen molar-refractivity contribution >= 4 is 28.7 Å². The fourth-order valence-corrected chi connectivity index (χ4v) is 3.29. The predicted octanol–water partition coefficient (Wildman–Crippen LogP) is 8.77. The number of ether oxygens (including phenoxy) is 2. The van der Waals surface area contributed by atoms with Gasteiger partial charge in [0.1, 0.15) is 11.5 Å². The Morgan fingerprint density at radius 2 is 1.15 bits per heavy atom. The smallest absolute Gasteiger partial charge is 0.494 e. The number of anilines is 2. The van der Waals surface area contributed by atoms with Gasteiger partial charge in [-0.3, -0.25) is 12.2 Å². The van der Waals surface area contributed by atoms with E-state index in [1.165, 1.54) is 0 Å². The molecule has 0 atom stereocenters. The van der Waals surface area contributed by atoms with E-state index in [1.807, 2.05) is 117 Å². The molecule has 3 aromatic carbocycles. The molecule has 1 radical (unpaired) electrons. The largest absolute Gasteiger partial charge is 3.00 e. The number of rotatable bonds is 6. The van der Waals surface area contributed by atoms with Crippen LogP contribution in [-0.2, 0) is 26.2 Å². The molecule has 0 heterocycles. The Hall–Kier alpha value is -3.34. The molecule has 0 fully saturated rings. The van der Waals surface area contributed by atoms with Gasteiger partial charge in [-0.1, -0.05) is 6.07 Å². The summed E-state index contributed by atoms with van der Waals surface area (Å²) < 4.78 is 10.8. The molecule has 6 heteroatoms. The third-order valence-electron chi connectivity index (χ3n) is 4.86. The van der Waals surface area contributed by atoms with E-state index in [4.69, 9.17) is 21.7 Å². The average molecular weight is 629 g/mol. The van der Waals surface area contributed by atoms with E-state index in [0.29, 0.717) is 18.3 Å². The average Bonchev–Trinajstić information content (AvgIpc) is 3.72. The summed E-state index contributed by atoms with van der Waals surface area (Å²) in [4.78, 5) is 0. The Morgan fingerprint density at radius 1 is 0.725 bits per heavy atom. The van der Waals surface area contributed by atoms with Crippen molar-refractivity contribution in [1.82, 2.24) is 0 Å². The minimum absolute atomic E-state index is 0. The zero-order valence-electron chi connectivity index (χ0n) is 23.2. The van der Waals surface area contributed by atoms with E-state index in [1.54, 1.807) is 0 Å². The maximum Gasteiger partial charge on any atom is 3.00 e.